The lowest BCUT2D eigenvalue weighted by Gasteiger charge is -2.07. The molecule has 0 radical (unpaired) electrons. The van der Waals surface area contributed by atoms with Crippen LogP contribution in [-0.4, -0.2) is 10.2 Å². The van der Waals surface area contributed by atoms with E-state index in [9.17, 15) is 4.79 Å². The number of H-pyrrole nitrogens is 1. The minimum Gasteiger partial charge on any atom is -0.399 e. The lowest BCUT2D eigenvalue weighted by Crippen LogP contribution is -2.10. The largest absolute Gasteiger partial charge is 0.399 e. The maximum Gasteiger partial charge on any atom is 0.285 e. The van der Waals surface area contributed by atoms with Crippen LogP contribution in [-0.2, 0) is 0 Å². The van der Waals surface area contributed by atoms with E-state index in [0.29, 0.717) is 11.4 Å². The van der Waals surface area contributed by atoms with Gasteiger partial charge in [-0.25, -0.2) is 5.10 Å². The van der Waals surface area contributed by atoms with Gasteiger partial charge < -0.3 is 11.1 Å². The Labute approximate surface area is 96.3 Å². The van der Waals surface area contributed by atoms with E-state index in [-0.39, 0.29) is 5.02 Å². The summed E-state index contributed by atoms with van der Waals surface area (Å²) in [5.41, 5.74) is 7.00. The summed E-state index contributed by atoms with van der Waals surface area (Å²) in [6.45, 7) is 0. The summed E-state index contributed by atoms with van der Waals surface area (Å²) in [5, 5.41) is 8.91. The molecule has 0 unspecified atom stereocenters. The number of nitrogens with two attached hydrogens (primary N) is 1. The Morgan fingerprint density at radius 3 is 3.00 bits per heavy atom. The third kappa shape index (κ3) is 2.14. The van der Waals surface area contributed by atoms with E-state index in [1.54, 1.807) is 18.2 Å². The Hall–Kier alpha value is -2.01. The number of nitrogens with one attached hydrogen (secondary N) is 2. The Kier molecular flexibility index (Phi) is 2.78. The van der Waals surface area contributed by atoms with Crippen molar-refractivity contribution < 1.29 is 0 Å². The molecule has 4 N–H and O–H groups in total. The van der Waals surface area contributed by atoms with Crippen LogP contribution in [0.3, 0.4) is 0 Å². The van der Waals surface area contributed by atoms with Crippen LogP contribution in [0.2, 0.25) is 5.02 Å². The molecule has 2 aromatic rings. The van der Waals surface area contributed by atoms with E-state index in [4.69, 9.17) is 17.3 Å². The minimum absolute atomic E-state index is 0.0671. The van der Waals surface area contributed by atoms with Crippen LogP contribution in [0, 0.1) is 0 Å². The van der Waals surface area contributed by atoms with E-state index in [2.05, 4.69) is 15.5 Å². The first-order chi connectivity index (χ1) is 7.66. The average Bonchev–Trinajstić information content (AvgIpc) is 2.25. The first-order valence-corrected chi connectivity index (χ1v) is 4.90. The molecule has 1 aromatic heterocycles. The fourth-order valence-electron chi connectivity index (χ4n) is 1.24. The van der Waals surface area contributed by atoms with Gasteiger partial charge in [0.25, 0.3) is 5.56 Å². The van der Waals surface area contributed by atoms with Crippen LogP contribution in [0.4, 0.5) is 17.1 Å². The molecule has 16 heavy (non-hydrogen) atoms. The number of rotatable bonds is 2. The highest BCUT2D eigenvalue weighted by molar-refractivity contribution is 6.33. The van der Waals surface area contributed by atoms with Crippen molar-refractivity contribution in [2.24, 2.45) is 0 Å². The molecule has 0 saturated carbocycles. The highest BCUT2D eigenvalue weighted by atomic mass is 35.5. The van der Waals surface area contributed by atoms with Crippen LogP contribution in [0.15, 0.2) is 35.3 Å². The molecule has 0 spiro atoms. The fraction of sp³-hybridized carbons (Fsp3) is 0. The third-order valence-electron chi connectivity index (χ3n) is 1.96. The monoisotopic (exact) mass is 236 g/mol. The molecule has 0 amide bonds. The molecule has 1 heterocycles. The van der Waals surface area contributed by atoms with Gasteiger partial charge in [-0.05, 0) is 18.2 Å². The van der Waals surface area contributed by atoms with Gasteiger partial charge in [-0.15, -0.1) is 0 Å². The number of halogens is 1. The number of benzene rings is 1. The molecule has 0 aliphatic rings. The molecule has 0 atom stereocenters. The Morgan fingerprint density at radius 2 is 2.25 bits per heavy atom. The summed E-state index contributed by atoms with van der Waals surface area (Å²) in [5.74, 6) is 0. The van der Waals surface area contributed by atoms with E-state index >= 15 is 0 Å². The van der Waals surface area contributed by atoms with Gasteiger partial charge in [-0.2, -0.15) is 5.10 Å². The van der Waals surface area contributed by atoms with Crippen LogP contribution in [0.5, 0.6) is 0 Å². The predicted molar refractivity (Wildman–Crippen MR) is 64.0 cm³/mol. The number of nitrogens with zero attached hydrogens (tertiary/aromatic N) is 1. The van der Waals surface area contributed by atoms with Crippen molar-refractivity contribution in [2.75, 3.05) is 11.1 Å². The number of aromatic amines is 1. The second-order valence-electron chi connectivity index (χ2n) is 3.18. The van der Waals surface area contributed by atoms with Crippen molar-refractivity contribution in [2.45, 2.75) is 0 Å². The van der Waals surface area contributed by atoms with Crippen molar-refractivity contribution in [1.82, 2.24) is 10.2 Å². The molecule has 82 valence electrons. The number of anilines is 3. The van der Waals surface area contributed by atoms with Crippen molar-refractivity contribution in [3.63, 3.8) is 0 Å². The molecule has 1 aromatic carbocycles. The molecule has 0 aliphatic carbocycles. The molecule has 5 nitrogen and oxygen atoms in total. The molecule has 0 fully saturated rings. The summed E-state index contributed by atoms with van der Waals surface area (Å²) in [4.78, 5) is 11.2. The molecule has 0 aliphatic heterocycles. The highest BCUT2D eigenvalue weighted by Crippen LogP contribution is 2.21. The summed E-state index contributed by atoms with van der Waals surface area (Å²) in [7, 11) is 0. The van der Waals surface area contributed by atoms with Gasteiger partial charge >= 0.3 is 0 Å². The maximum absolute atomic E-state index is 11.2. The minimum atomic E-state index is -0.435. The fourth-order valence-corrected chi connectivity index (χ4v) is 1.38. The normalized spacial score (nSPS) is 10.1. The molecule has 2 rings (SSSR count). The van der Waals surface area contributed by atoms with E-state index in [0.717, 1.165) is 5.69 Å². The van der Waals surface area contributed by atoms with E-state index in [1.165, 1.54) is 6.20 Å². The zero-order valence-electron chi connectivity index (χ0n) is 8.20. The first-order valence-electron chi connectivity index (χ1n) is 4.52. The van der Waals surface area contributed by atoms with Gasteiger partial charge in [0.1, 0.15) is 5.02 Å². The molecular weight excluding hydrogens is 228 g/mol. The summed E-state index contributed by atoms with van der Waals surface area (Å²) in [6.07, 6.45) is 1.44. The van der Waals surface area contributed by atoms with Crippen molar-refractivity contribution >= 4 is 28.7 Å². The highest BCUT2D eigenvalue weighted by Gasteiger charge is 2.04. The SMILES string of the molecule is Nc1cccc(Nc2cn[nH]c(=O)c2Cl)c1. The molecule has 0 bridgehead atoms. The van der Waals surface area contributed by atoms with Crippen molar-refractivity contribution in [1.29, 1.82) is 0 Å². The zero-order chi connectivity index (χ0) is 11.5. The smallest absolute Gasteiger partial charge is 0.285 e. The summed E-state index contributed by atoms with van der Waals surface area (Å²) >= 11 is 5.81. The second kappa shape index (κ2) is 4.24. The van der Waals surface area contributed by atoms with Crippen LogP contribution < -0.4 is 16.6 Å². The van der Waals surface area contributed by atoms with E-state index in [1.807, 2.05) is 6.07 Å². The van der Waals surface area contributed by atoms with Crippen molar-refractivity contribution in [3.8, 4) is 0 Å². The predicted octanol–water partition coefficient (Wildman–Crippen LogP) is 1.75. The average molecular weight is 237 g/mol. The lowest BCUT2D eigenvalue weighted by atomic mass is 10.3. The van der Waals surface area contributed by atoms with E-state index < -0.39 is 5.56 Å². The van der Waals surface area contributed by atoms with Crippen LogP contribution in [0.25, 0.3) is 0 Å². The lowest BCUT2D eigenvalue weighted by molar-refractivity contribution is 0.991. The summed E-state index contributed by atoms with van der Waals surface area (Å²) in [6, 6.07) is 7.11. The molecular formula is C10H9ClN4O. The third-order valence-corrected chi connectivity index (χ3v) is 2.34. The van der Waals surface area contributed by atoms with Gasteiger partial charge in [-0.1, -0.05) is 17.7 Å². The standard InChI is InChI=1S/C10H9ClN4O/c11-9-8(5-13-15-10(9)16)14-7-3-1-2-6(12)4-7/h1-5H,12H2,(H2,14,15,16). The first kappa shape index (κ1) is 10.5. The Bertz CT molecular complexity index is 567. The maximum atomic E-state index is 11.2. The van der Waals surface area contributed by atoms with Gasteiger partial charge in [0.15, 0.2) is 0 Å². The van der Waals surface area contributed by atoms with Crippen LogP contribution >= 0.6 is 11.6 Å². The topological polar surface area (TPSA) is 83.8 Å². The Morgan fingerprint density at radius 1 is 1.44 bits per heavy atom. The number of nitrogen functional groups attached to an aromatic ring is 1. The molecule has 0 saturated heterocycles. The molecule has 6 heteroatoms. The number of hydrogen-bond donors (Lipinski definition) is 3. The van der Waals surface area contributed by atoms with Gasteiger partial charge in [-0.3, -0.25) is 4.79 Å². The van der Waals surface area contributed by atoms with Crippen molar-refractivity contribution in [3.05, 3.63) is 45.8 Å². The zero-order valence-corrected chi connectivity index (χ0v) is 8.95. The number of aromatic nitrogens is 2. The second-order valence-corrected chi connectivity index (χ2v) is 3.56. The van der Waals surface area contributed by atoms with Crippen LogP contribution in [0.1, 0.15) is 0 Å². The number of hydrogen-bond acceptors (Lipinski definition) is 4. The van der Waals surface area contributed by atoms with Gasteiger partial charge in [0, 0.05) is 11.4 Å². The summed E-state index contributed by atoms with van der Waals surface area (Å²) < 4.78 is 0. The van der Waals surface area contributed by atoms with Gasteiger partial charge in [0.05, 0.1) is 11.9 Å². The quantitative estimate of drug-likeness (QED) is 0.694. The van der Waals surface area contributed by atoms with Gasteiger partial charge in [0.2, 0.25) is 0 Å². The Balaban J connectivity index is 2.34.